The Morgan fingerprint density at radius 2 is 1.09 bits per heavy atom. The molecule has 2 N–H and O–H groups in total. The maximum Gasteiger partial charge on any atom is 0.232 e. The third kappa shape index (κ3) is 3.69. The molecule has 6 nitrogen and oxygen atoms in total. The summed E-state index contributed by atoms with van der Waals surface area (Å²) in [6.45, 7) is 3.10. The average Bonchev–Trinajstić information content (AvgIpc) is 2.49. The minimum absolute atomic E-state index is 0.0362. The lowest BCUT2D eigenvalue weighted by molar-refractivity contribution is 0.600. The molecule has 0 heterocycles. The van der Waals surface area contributed by atoms with Gasteiger partial charge in [0.2, 0.25) is 20.0 Å². The SMILES string of the molecule is CCS(=O)(=O)Nc1ccc(NS(=O)(=O)CC)c2ccccc12. The first-order valence-electron chi connectivity index (χ1n) is 6.80. The van der Waals surface area contributed by atoms with Gasteiger partial charge in [0, 0.05) is 10.8 Å². The van der Waals surface area contributed by atoms with Crippen LogP contribution in [-0.4, -0.2) is 28.3 Å². The van der Waals surface area contributed by atoms with Crippen LogP contribution >= 0.6 is 0 Å². The van der Waals surface area contributed by atoms with E-state index in [1.54, 1.807) is 50.2 Å². The van der Waals surface area contributed by atoms with E-state index in [0.29, 0.717) is 22.1 Å². The van der Waals surface area contributed by atoms with Gasteiger partial charge in [-0.2, -0.15) is 0 Å². The van der Waals surface area contributed by atoms with Gasteiger partial charge in [0.15, 0.2) is 0 Å². The molecule has 0 spiro atoms. The van der Waals surface area contributed by atoms with Crippen LogP contribution < -0.4 is 9.44 Å². The van der Waals surface area contributed by atoms with E-state index in [-0.39, 0.29) is 11.5 Å². The van der Waals surface area contributed by atoms with Crippen molar-refractivity contribution in [3.05, 3.63) is 36.4 Å². The van der Waals surface area contributed by atoms with Crippen molar-refractivity contribution in [2.45, 2.75) is 13.8 Å². The summed E-state index contributed by atoms with van der Waals surface area (Å²) >= 11 is 0. The number of hydrogen-bond acceptors (Lipinski definition) is 4. The fourth-order valence-corrected chi connectivity index (χ4v) is 3.27. The number of benzene rings is 2. The van der Waals surface area contributed by atoms with Crippen molar-refractivity contribution < 1.29 is 16.8 Å². The van der Waals surface area contributed by atoms with Gasteiger partial charge >= 0.3 is 0 Å². The molecule has 2 rings (SSSR count). The van der Waals surface area contributed by atoms with Crippen LogP contribution in [0.1, 0.15) is 13.8 Å². The maximum absolute atomic E-state index is 11.7. The van der Waals surface area contributed by atoms with Gasteiger partial charge in [0.25, 0.3) is 0 Å². The topological polar surface area (TPSA) is 92.3 Å². The predicted molar refractivity (Wildman–Crippen MR) is 90.1 cm³/mol. The Labute approximate surface area is 130 Å². The second-order valence-corrected chi connectivity index (χ2v) is 8.74. The Morgan fingerprint density at radius 1 is 0.727 bits per heavy atom. The van der Waals surface area contributed by atoms with Gasteiger partial charge in [0.1, 0.15) is 0 Å². The second-order valence-electron chi connectivity index (χ2n) is 4.72. The van der Waals surface area contributed by atoms with E-state index in [4.69, 9.17) is 0 Å². The highest BCUT2D eigenvalue weighted by Crippen LogP contribution is 2.31. The summed E-state index contributed by atoms with van der Waals surface area (Å²) in [6.07, 6.45) is 0. The minimum Gasteiger partial charge on any atom is -0.283 e. The normalized spacial score (nSPS) is 12.3. The molecule has 0 radical (unpaired) electrons. The smallest absolute Gasteiger partial charge is 0.232 e. The maximum atomic E-state index is 11.7. The third-order valence-corrected chi connectivity index (χ3v) is 5.80. The van der Waals surface area contributed by atoms with E-state index in [1.165, 1.54) is 0 Å². The molecule has 0 saturated heterocycles. The molecule has 0 bridgehead atoms. The summed E-state index contributed by atoms with van der Waals surface area (Å²) in [7, 11) is -6.81. The molecule has 0 atom stereocenters. The molecule has 2 aromatic carbocycles. The van der Waals surface area contributed by atoms with Crippen molar-refractivity contribution in [1.82, 2.24) is 0 Å². The zero-order valence-electron chi connectivity index (χ0n) is 12.3. The summed E-state index contributed by atoms with van der Waals surface area (Å²) in [5.74, 6) is -0.0723. The number of sulfonamides is 2. The molecular formula is C14H18N2O4S2. The highest BCUT2D eigenvalue weighted by Gasteiger charge is 2.14. The van der Waals surface area contributed by atoms with Crippen molar-refractivity contribution in [3.63, 3.8) is 0 Å². The van der Waals surface area contributed by atoms with Crippen LogP contribution in [0.5, 0.6) is 0 Å². The summed E-state index contributed by atoms with van der Waals surface area (Å²) < 4.78 is 52.0. The molecule has 2 aromatic rings. The summed E-state index contributed by atoms with van der Waals surface area (Å²) in [5, 5.41) is 1.27. The fraction of sp³-hybridized carbons (Fsp3) is 0.286. The first-order chi connectivity index (χ1) is 10.3. The molecule has 0 saturated carbocycles. The number of anilines is 2. The van der Waals surface area contributed by atoms with Crippen molar-refractivity contribution in [1.29, 1.82) is 0 Å². The molecule has 0 aliphatic heterocycles. The standard InChI is InChI=1S/C14H18N2O4S2/c1-3-21(17,18)15-13-9-10-14(16-22(19,20)4-2)12-8-6-5-7-11(12)13/h5-10,15-16H,3-4H2,1-2H3. The van der Waals surface area contributed by atoms with Gasteiger partial charge in [-0.15, -0.1) is 0 Å². The second kappa shape index (κ2) is 6.13. The Kier molecular flexibility index (Phi) is 4.62. The van der Waals surface area contributed by atoms with Crippen molar-refractivity contribution in [2.24, 2.45) is 0 Å². The average molecular weight is 342 g/mol. The van der Waals surface area contributed by atoms with Crippen LogP contribution in [0.3, 0.4) is 0 Å². The van der Waals surface area contributed by atoms with Crippen LogP contribution in [-0.2, 0) is 20.0 Å². The van der Waals surface area contributed by atoms with Crippen LogP contribution in [0.15, 0.2) is 36.4 Å². The molecule has 120 valence electrons. The quantitative estimate of drug-likeness (QED) is 0.843. The van der Waals surface area contributed by atoms with E-state index in [9.17, 15) is 16.8 Å². The number of rotatable bonds is 6. The molecule has 22 heavy (non-hydrogen) atoms. The molecule has 0 aromatic heterocycles. The number of nitrogens with one attached hydrogen (secondary N) is 2. The molecule has 0 aliphatic carbocycles. The molecule has 0 fully saturated rings. The van der Waals surface area contributed by atoms with E-state index in [1.807, 2.05) is 0 Å². The van der Waals surface area contributed by atoms with Crippen LogP contribution in [0.4, 0.5) is 11.4 Å². The Balaban J connectivity index is 2.57. The van der Waals surface area contributed by atoms with Gasteiger partial charge in [-0.05, 0) is 26.0 Å². The van der Waals surface area contributed by atoms with Crippen molar-refractivity contribution in [3.8, 4) is 0 Å². The lowest BCUT2D eigenvalue weighted by Gasteiger charge is -2.14. The van der Waals surface area contributed by atoms with Gasteiger partial charge in [-0.3, -0.25) is 9.44 Å². The molecule has 0 aliphatic rings. The molecule has 8 heteroatoms. The first-order valence-corrected chi connectivity index (χ1v) is 10.1. The lowest BCUT2D eigenvalue weighted by Crippen LogP contribution is -2.16. The number of fused-ring (bicyclic) bond motifs is 1. The Morgan fingerprint density at radius 3 is 1.41 bits per heavy atom. The summed E-state index contributed by atoms with van der Waals surface area (Å²) in [5.41, 5.74) is 0.855. The van der Waals surface area contributed by atoms with E-state index in [0.717, 1.165) is 0 Å². The fourth-order valence-electron chi connectivity index (χ4n) is 1.96. The summed E-state index contributed by atoms with van der Waals surface area (Å²) in [4.78, 5) is 0. The molecular weight excluding hydrogens is 324 g/mol. The van der Waals surface area contributed by atoms with Crippen molar-refractivity contribution >= 4 is 42.2 Å². The van der Waals surface area contributed by atoms with Gasteiger partial charge in [-0.1, -0.05) is 24.3 Å². The Bertz CT molecular complexity index is 816. The monoisotopic (exact) mass is 342 g/mol. The molecule has 0 unspecified atom stereocenters. The number of hydrogen-bond donors (Lipinski definition) is 2. The van der Waals surface area contributed by atoms with Crippen LogP contribution in [0, 0.1) is 0 Å². The van der Waals surface area contributed by atoms with E-state index in [2.05, 4.69) is 9.44 Å². The minimum atomic E-state index is -3.41. The van der Waals surface area contributed by atoms with Gasteiger partial charge in [-0.25, -0.2) is 16.8 Å². The zero-order valence-corrected chi connectivity index (χ0v) is 14.0. The Hall–Kier alpha value is -1.80. The highest BCUT2D eigenvalue weighted by molar-refractivity contribution is 7.93. The van der Waals surface area contributed by atoms with Crippen molar-refractivity contribution in [2.75, 3.05) is 20.9 Å². The largest absolute Gasteiger partial charge is 0.283 e. The highest BCUT2D eigenvalue weighted by atomic mass is 32.2. The molecule has 0 amide bonds. The van der Waals surface area contributed by atoms with Gasteiger partial charge < -0.3 is 0 Å². The van der Waals surface area contributed by atoms with Crippen LogP contribution in [0.25, 0.3) is 10.8 Å². The van der Waals surface area contributed by atoms with E-state index >= 15 is 0 Å². The zero-order chi connectivity index (χ0) is 16.4. The summed E-state index contributed by atoms with van der Waals surface area (Å²) in [6, 6.07) is 10.1. The van der Waals surface area contributed by atoms with Crippen LogP contribution in [0.2, 0.25) is 0 Å². The van der Waals surface area contributed by atoms with Gasteiger partial charge in [0.05, 0.1) is 22.9 Å². The first kappa shape index (κ1) is 16.6. The predicted octanol–water partition coefficient (Wildman–Crippen LogP) is 2.36. The lowest BCUT2D eigenvalue weighted by atomic mass is 10.1. The van der Waals surface area contributed by atoms with E-state index < -0.39 is 20.0 Å². The third-order valence-electron chi connectivity index (χ3n) is 3.22.